The Bertz CT molecular complexity index is 411. The third-order valence-electron chi connectivity index (χ3n) is 3.01. The number of alkyl halides is 2. The molecular weight excluding hydrogens is 260 g/mol. The van der Waals surface area contributed by atoms with E-state index in [-0.39, 0.29) is 5.75 Å². The first-order valence-corrected chi connectivity index (χ1v) is 6.82. The third kappa shape index (κ3) is 7.10. The fourth-order valence-corrected chi connectivity index (χ4v) is 1.86. The van der Waals surface area contributed by atoms with Crippen molar-refractivity contribution in [3.8, 4) is 18.1 Å². The van der Waals surface area contributed by atoms with Crippen LogP contribution < -0.4 is 10.1 Å². The zero-order valence-corrected chi connectivity index (χ0v) is 11.7. The highest BCUT2D eigenvalue weighted by atomic mass is 19.3. The first kappa shape index (κ1) is 16.5. The molecule has 0 aliphatic rings. The second-order valence-electron chi connectivity index (χ2n) is 4.72. The molecule has 0 saturated heterocycles. The van der Waals surface area contributed by atoms with E-state index in [0.717, 1.165) is 37.8 Å². The summed E-state index contributed by atoms with van der Waals surface area (Å²) in [6.45, 7) is 0.282. The van der Waals surface area contributed by atoms with Gasteiger partial charge in [0.05, 0.1) is 0 Å². The predicted molar refractivity (Wildman–Crippen MR) is 76.9 cm³/mol. The minimum Gasteiger partial charge on any atom is -0.435 e. The molecule has 0 fully saturated rings. The third-order valence-corrected chi connectivity index (χ3v) is 3.01. The molecule has 0 aliphatic carbocycles. The lowest BCUT2D eigenvalue weighted by molar-refractivity contribution is -0.0498. The minimum atomic E-state index is -2.77. The number of terminal acetylenes is 1. The van der Waals surface area contributed by atoms with Gasteiger partial charge in [-0.15, -0.1) is 12.3 Å². The summed E-state index contributed by atoms with van der Waals surface area (Å²) in [6.07, 6.45) is 8.86. The van der Waals surface area contributed by atoms with E-state index in [1.807, 2.05) is 12.1 Å². The van der Waals surface area contributed by atoms with Crippen LogP contribution in [0.3, 0.4) is 0 Å². The van der Waals surface area contributed by atoms with Crippen LogP contribution in [0.5, 0.6) is 5.75 Å². The van der Waals surface area contributed by atoms with Crippen molar-refractivity contribution in [2.24, 2.45) is 0 Å². The van der Waals surface area contributed by atoms with Crippen LogP contribution in [0, 0.1) is 12.3 Å². The number of benzene rings is 1. The number of hydrogen-bond donors (Lipinski definition) is 1. The van der Waals surface area contributed by atoms with Crippen LogP contribution >= 0.6 is 0 Å². The predicted octanol–water partition coefficient (Wildman–Crippen LogP) is 3.61. The highest BCUT2D eigenvalue weighted by molar-refractivity contribution is 5.27. The van der Waals surface area contributed by atoms with Gasteiger partial charge in [-0.2, -0.15) is 8.78 Å². The Labute approximate surface area is 119 Å². The van der Waals surface area contributed by atoms with Crippen molar-refractivity contribution >= 4 is 0 Å². The number of aryl methyl sites for hydroxylation is 1. The van der Waals surface area contributed by atoms with E-state index >= 15 is 0 Å². The molecule has 0 bridgehead atoms. The lowest BCUT2D eigenvalue weighted by atomic mass is 10.1. The highest BCUT2D eigenvalue weighted by Crippen LogP contribution is 2.16. The standard InChI is InChI=1S/C16H21F2NO/c1-3-4-5-12-19-13(2)6-7-14-8-10-15(11-9-14)20-16(17)18/h1,8-11,13,16,19H,4-7,12H2,2H3. The maximum atomic E-state index is 12.0. The van der Waals surface area contributed by atoms with Crippen molar-refractivity contribution in [3.63, 3.8) is 0 Å². The van der Waals surface area contributed by atoms with E-state index < -0.39 is 6.61 Å². The Hall–Kier alpha value is -1.60. The van der Waals surface area contributed by atoms with Crippen LogP contribution in [0.15, 0.2) is 24.3 Å². The van der Waals surface area contributed by atoms with Crippen molar-refractivity contribution in [2.45, 2.75) is 45.3 Å². The first-order chi connectivity index (χ1) is 9.61. The summed E-state index contributed by atoms with van der Waals surface area (Å²) < 4.78 is 28.3. The van der Waals surface area contributed by atoms with Crippen LogP contribution in [-0.4, -0.2) is 19.2 Å². The second kappa shape index (κ2) is 9.33. The average Bonchev–Trinajstić information content (AvgIpc) is 2.42. The molecule has 2 nitrogen and oxygen atoms in total. The van der Waals surface area contributed by atoms with Gasteiger partial charge in [-0.05, 0) is 50.4 Å². The number of nitrogens with one attached hydrogen (secondary N) is 1. The molecule has 1 unspecified atom stereocenters. The van der Waals surface area contributed by atoms with Crippen LogP contribution in [0.4, 0.5) is 8.78 Å². The number of ether oxygens (including phenoxy) is 1. The first-order valence-electron chi connectivity index (χ1n) is 6.82. The largest absolute Gasteiger partial charge is 0.435 e. The molecular formula is C16H21F2NO. The molecule has 0 aromatic heterocycles. The minimum absolute atomic E-state index is 0.198. The maximum Gasteiger partial charge on any atom is 0.387 e. The summed E-state index contributed by atoms with van der Waals surface area (Å²) in [6, 6.07) is 7.20. The van der Waals surface area contributed by atoms with Crippen molar-refractivity contribution in [3.05, 3.63) is 29.8 Å². The van der Waals surface area contributed by atoms with Gasteiger partial charge in [-0.1, -0.05) is 12.1 Å². The zero-order chi connectivity index (χ0) is 14.8. The molecule has 110 valence electrons. The summed E-state index contributed by atoms with van der Waals surface area (Å²) in [4.78, 5) is 0. The van der Waals surface area contributed by atoms with Gasteiger partial charge in [0.1, 0.15) is 5.75 Å². The fourth-order valence-electron chi connectivity index (χ4n) is 1.86. The van der Waals surface area contributed by atoms with E-state index in [2.05, 4.69) is 22.9 Å². The summed E-state index contributed by atoms with van der Waals surface area (Å²) >= 11 is 0. The van der Waals surface area contributed by atoms with E-state index in [1.165, 1.54) is 0 Å². The highest BCUT2D eigenvalue weighted by Gasteiger charge is 2.05. The van der Waals surface area contributed by atoms with Gasteiger partial charge in [0, 0.05) is 12.5 Å². The van der Waals surface area contributed by atoms with Crippen LogP contribution in [-0.2, 0) is 6.42 Å². The Kier molecular flexibility index (Phi) is 7.67. The normalized spacial score (nSPS) is 12.2. The number of rotatable bonds is 9. The number of halogens is 2. The Morgan fingerprint density at radius 3 is 2.60 bits per heavy atom. The van der Waals surface area contributed by atoms with Gasteiger partial charge in [-0.3, -0.25) is 0 Å². The van der Waals surface area contributed by atoms with Gasteiger partial charge < -0.3 is 10.1 Å². The molecule has 1 aromatic carbocycles. The van der Waals surface area contributed by atoms with Crippen LogP contribution in [0.2, 0.25) is 0 Å². The monoisotopic (exact) mass is 281 g/mol. The van der Waals surface area contributed by atoms with Crippen molar-refractivity contribution in [1.29, 1.82) is 0 Å². The van der Waals surface area contributed by atoms with Crippen LogP contribution in [0.25, 0.3) is 0 Å². The molecule has 20 heavy (non-hydrogen) atoms. The van der Waals surface area contributed by atoms with Gasteiger partial charge in [0.25, 0.3) is 0 Å². The van der Waals surface area contributed by atoms with Gasteiger partial charge in [0.2, 0.25) is 0 Å². The molecule has 0 amide bonds. The van der Waals surface area contributed by atoms with Crippen LogP contribution in [0.1, 0.15) is 31.7 Å². The Balaban J connectivity index is 2.25. The van der Waals surface area contributed by atoms with Crippen molar-refractivity contribution in [1.82, 2.24) is 5.32 Å². The molecule has 1 rings (SSSR count). The van der Waals surface area contributed by atoms with E-state index in [9.17, 15) is 8.78 Å². The molecule has 1 atom stereocenters. The molecule has 0 heterocycles. The van der Waals surface area contributed by atoms with Gasteiger partial charge in [-0.25, -0.2) is 0 Å². The zero-order valence-electron chi connectivity index (χ0n) is 11.7. The summed E-state index contributed by atoms with van der Waals surface area (Å²) in [5, 5.41) is 3.41. The second-order valence-corrected chi connectivity index (χ2v) is 4.72. The van der Waals surface area contributed by atoms with Crippen molar-refractivity contribution in [2.75, 3.05) is 6.54 Å². The summed E-state index contributed by atoms with van der Waals surface area (Å²) in [5.74, 6) is 2.81. The number of hydrogen-bond acceptors (Lipinski definition) is 2. The molecule has 0 radical (unpaired) electrons. The van der Waals surface area contributed by atoms with E-state index in [4.69, 9.17) is 6.42 Å². The molecule has 1 aromatic rings. The van der Waals surface area contributed by atoms with Gasteiger partial charge in [0.15, 0.2) is 0 Å². The summed E-state index contributed by atoms with van der Waals surface area (Å²) in [5.41, 5.74) is 1.11. The molecule has 0 aliphatic heterocycles. The maximum absolute atomic E-state index is 12.0. The number of unbranched alkanes of at least 4 members (excludes halogenated alkanes) is 1. The van der Waals surface area contributed by atoms with E-state index in [1.54, 1.807) is 12.1 Å². The van der Waals surface area contributed by atoms with E-state index in [0.29, 0.717) is 6.04 Å². The molecule has 1 N–H and O–H groups in total. The van der Waals surface area contributed by atoms with Gasteiger partial charge >= 0.3 is 6.61 Å². The van der Waals surface area contributed by atoms with Crippen molar-refractivity contribution < 1.29 is 13.5 Å². The smallest absolute Gasteiger partial charge is 0.387 e. The Morgan fingerprint density at radius 2 is 2.00 bits per heavy atom. The lowest BCUT2D eigenvalue weighted by Gasteiger charge is -2.13. The fraction of sp³-hybridized carbons (Fsp3) is 0.500. The topological polar surface area (TPSA) is 21.3 Å². The lowest BCUT2D eigenvalue weighted by Crippen LogP contribution is -2.27. The molecule has 0 saturated carbocycles. The molecule has 0 spiro atoms. The molecule has 4 heteroatoms. The summed E-state index contributed by atoms with van der Waals surface area (Å²) in [7, 11) is 0. The Morgan fingerprint density at radius 1 is 1.30 bits per heavy atom. The SMILES string of the molecule is C#CCCCNC(C)CCc1ccc(OC(F)F)cc1. The average molecular weight is 281 g/mol. The quantitative estimate of drug-likeness (QED) is 0.551.